The quantitative estimate of drug-likeness (QED) is 0.456. The molecule has 1 unspecified atom stereocenters. The number of Topliss-reactive ketones (excluding diaryl/α,β-unsaturated/α-hetero) is 1. The molecular weight excluding hydrogens is 188 g/mol. The highest BCUT2D eigenvalue weighted by Crippen LogP contribution is 2.26. The first-order chi connectivity index (χ1) is 6.96. The van der Waals surface area contributed by atoms with Crippen LogP contribution in [0.5, 0.6) is 0 Å². The lowest BCUT2D eigenvalue weighted by atomic mass is 9.79. The zero-order valence-electron chi connectivity index (χ0n) is 10.5. The Morgan fingerprint density at radius 2 is 2.00 bits per heavy atom. The lowest BCUT2D eigenvalue weighted by Gasteiger charge is -2.22. The summed E-state index contributed by atoms with van der Waals surface area (Å²) in [5, 5.41) is 0. The SMILES string of the molecule is CCCCC(=O)C(C)(C=O)CCC(C)C. The van der Waals surface area contributed by atoms with E-state index in [-0.39, 0.29) is 5.78 Å². The fraction of sp³-hybridized carbons (Fsp3) is 0.846. The van der Waals surface area contributed by atoms with Crippen LogP contribution in [-0.2, 0) is 9.59 Å². The van der Waals surface area contributed by atoms with Crippen LogP contribution in [0.4, 0.5) is 0 Å². The number of hydrogen-bond acceptors (Lipinski definition) is 2. The first kappa shape index (κ1) is 14.3. The second-order valence-electron chi connectivity index (χ2n) is 4.99. The average molecular weight is 212 g/mol. The summed E-state index contributed by atoms with van der Waals surface area (Å²) in [6, 6.07) is 0. The normalized spacial score (nSPS) is 15.0. The molecule has 0 bridgehead atoms. The maximum absolute atomic E-state index is 11.8. The van der Waals surface area contributed by atoms with Gasteiger partial charge in [0.2, 0.25) is 0 Å². The number of carbonyl (C=O) groups excluding carboxylic acids is 2. The molecule has 0 saturated carbocycles. The van der Waals surface area contributed by atoms with Crippen molar-refractivity contribution in [2.45, 2.75) is 59.8 Å². The van der Waals surface area contributed by atoms with Crippen molar-refractivity contribution < 1.29 is 9.59 Å². The maximum Gasteiger partial charge on any atom is 0.145 e. The fourth-order valence-electron chi connectivity index (χ4n) is 1.48. The van der Waals surface area contributed by atoms with Gasteiger partial charge in [0.15, 0.2) is 0 Å². The molecule has 0 aromatic heterocycles. The molecule has 0 aliphatic rings. The molecule has 0 aromatic carbocycles. The molecule has 2 heteroatoms. The first-order valence-electron chi connectivity index (χ1n) is 5.96. The monoisotopic (exact) mass is 212 g/mol. The number of unbranched alkanes of at least 4 members (excludes halogenated alkanes) is 1. The van der Waals surface area contributed by atoms with Crippen LogP contribution in [0, 0.1) is 11.3 Å². The molecule has 0 N–H and O–H groups in total. The summed E-state index contributed by atoms with van der Waals surface area (Å²) >= 11 is 0. The molecule has 88 valence electrons. The molecule has 0 radical (unpaired) electrons. The number of hydrogen-bond donors (Lipinski definition) is 0. The van der Waals surface area contributed by atoms with E-state index in [1.807, 2.05) is 0 Å². The van der Waals surface area contributed by atoms with E-state index in [2.05, 4.69) is 20.8 Å². The molecule has 0 aromatic rings. The molecule has 1 atom stereocenters. The fourth-order valence-corrected chi connectivity index (χ4v) is 1.48. The Balaban J connectivity index is 4.27. The third kappa shape index (κ3) is 5.10. The molecule has 0 aliphatic carbocycles. The summed E-state index contributed by atoms with van der Waals surface area (Å²) in [4.78, 5) is 22.9. The summed E-state index contributed by atoms with van der Waals surface area (Å²) in [5.74, 6) is 0.656. The highest BCUT2D eigenvalue weighted by Gasteiger charge is 2.31. The van der Waals surface area contributed by atoms with Crippen LogP contribution in [0.15, 0.2) is 0 Å². The van der Waals surface area contributed by atoms with E-state index in [1.54, 1.807) is 6.92 Å². The molecule has 15 heavy (non-hydrogen) atoms. The highest BCUT2D eigenvalue weighted by atomic mass is 16.1. The van der Waals surface area contributed by atoms with Gasteiger partial charge in [-0.05, 0) is 32.1 Å². The van der Waals surface area contributed by atoms with Crippen LogP contribution >= 0.6 is 0 Å². The second kappa shape index (κ2) is 6.76. The molecule has 0 rings (SSSR count). The predicted molar refractivity (Wildman–Crippen MR) is 62.8 cm³/mol. The van der Waals surface area contributed by atoms with E-state index >= 15 is 0 Å². The number of carbonyl (C=O) groups is 2. The minimum Gasteiger partial charge on any atom is -0.302 e. The Morgan fingerprint density at radius 1 is 1.40 bits per heavy atom. The van der Waals surface area contributed by atoms with Crippen molar-refractivity contribution in [2.75, 3.05) is 0 Å². The third-order valence-corrected chi connectivity index (χ3v) is 2.90. The van der Waals surface area contributed by atoms with Gasteiger partial charge in [-0.25, -0.2) is 0 Å². The second-order valence-corrected chi connectivity index (χ2v) is 4.99. The predicted octanol–water partition coefficient (Wildman–Crippen LogP) is 3.39. The van der Waals surface area contributed by atoms with Gasteiger partial charge in [-0.3, -0.25) is 4.79 Å². The van der Waals surface area contributed by atoms with Gasteiger partial charge in [-0.2, -0.15) is 0 Å². The summed E-state index contributed by atoms with van der Waals surface area (Å²) < 4.78 is 0. The number of rotatable bonds is 8. The van der Waals surface area contributed by atoms with Crippen LogP contribution in [0.25, 0.3) is 0 Å². The van der Waals surface area contributed by atoms with E-state index < -0.39 is 5.41 Å². The Kier molecular flexibility index (Phi) is 6.46. The summed E-state index contributed by atoms with van der Waals surface area (Å²) in [7, 11) is 0. The smallest absolute Gasteiger partial charge is 0.145 e. The molecule has 0 fully saturated rings. The van der Waals surface area contributed by atoms with E-state index in [1.165, 1.54) is 0 Å². The third-order valence-electron chi connectivity index (χ3n) is 2.90. The van der Waals surface area contributed by atoms with Gasteiger partial charge >= 0.3 is 0 Å². The average Bonchev–Trinajstić information content (AvgIpc) is 2.22. The highest BCUT2D eigenvalue weighted by molar-refractivity contribution is 5.97. The van der Waals surface area contributed by atoms with Crippen LogP contribution in [0.3, 0.4) is 0 Å². The molecule has 0 saturated heterocycles. The zero-order chi connectivity index (χ0) is 11.9. The van der Waals surface area contributed by atoms with Gasteiger partial charge in [0, 0.05) is 6.42 Å². The van der Waals surface area contributed by atoms with Crippen LogP contribution in [0.1, 0.15) is 59.8 Å². The molecule has 0 spiro atoms. The van der Waals surface area contributed by atoms with E-state index in [0.29, 0.717) is 18.8 Å². The van der Waals surface area contributed by atoms with Crippen molar-refractivity contribution in [3.05, 3.63) is 0 Å². The maximum atomic E-state index is 11.8. The van der Waals surface area contributed by atoms with E-state index in [9.17, 15) is 9.59 Å². The molecule has 0 amide bonds. The van der Waals surface area contributed by atoms with Gasteiger partial charge in [0.1, 0.15) is 12.1 Å². The lowest BCUT2D eigenvalue weighted by molar-refractivity contribution is -0.134. The standard InChI is InChI=1S/C13H24O2/c1-5-6-7-12(15)13(4,10-14)9-8-11(2)3/h10-11H,5-9H2,1-4H3. The van der Waals surface area contributed by atoms with Crippen LogP contribution in [-0.4, -0.2) is 12.1 Å². The zero-order valence-corrected chi connectivity index (χ0v) is 10.5. The van der Waals surface area contributed by atoms with Gasteiger partial charge in [0.25, 0.3) is 0 Å². The van der Waals surface area contributed by atoms with Gasteiger partial charge in [-0.15, -0.1) is 0 Å². The molecular formula is C13H24O2. The van der Waals surface area contributed by atoms with Gasteiger partial charge in [-0.1, -0.05) is 27.2 Å². The number of ketones is 1. The van der Waals surface area contributed by atoms with Gasteiger partial charge in [0.05, 0.1) is 5.41 Å². The molecule has 0 aliphatic heterocycles. The topological polar surface area (TPSA) is 34.1 Å². The van der Waals surface area contributed by atoms with E-state index in [0.717, 1.165) is 25.5 Å². The lowest BCUT2D eigenvalue weighted by Crippen LogP contribution is -2.29. The van der Waals surface area contributed by atoms with Crippen molar-refractivity contribution in [3.8, 4) is 0 Å². The van der Waals surface area contributed by atoms with Gasteiger partial charge < -0.3 is 4.79 Å². The Hall–Kier alpha value is -0.660. The molecule has 0 heterocycles. The summed E-state index contributed by atoms with van der Waals surface area (Å²) in [6.07, 6.45) is 4.91. The summed E-state index contributed by atoms with van der Waals surface area (Å²) in [6.45, 7) is 8.06. The van der Waals surface area contributed by atoms with Crippen molar-refractivity contribution in [1.29, 1.82) is 0 Å². The Labute approximate surface area is 93.4 Å². The van der Waals surface area contributed by atoms with Crippen LogP contribution < -0.4 is 0 Å². The van der Waals surface area contributed by atoms with Crippen molar-refractivity contribution in [2.24, 2.45) is 11.3 Å². The minimum atomic E-state index is -0.737. The van der Waals surface area contributed by atoms with E-state index in [4.69, 9.17) is 0 Å². The minimum absolute atomic E-state index is 0.111. The first-order valence-corrected chi connectivity index (χ1v) is 5.96. The van der Waals surface area contributed by atoms with Crippen molar-refractivity contribution >= 4 is 12.1 Å². The molecule has 2 nitrogen and oxygen atoms in total. The Bertz CT molecular complexity index is 209. The van der Waals surface area contributed by atoms with Crippen molar-refractivity contribution in [3.63, 3.8) is 0 Å². The summed E-state index contributed by atoms with van der Waals surface area (Å²) in [5.41, 5.74) is -0.737. The Morgan fingerprint density at radius 3 is 2.40 bits per heavy atom. The van der Waals surface area contributed by atoms with Crippen LogP contribution in [0.2, 0.25) is 0 Å². The number of aldehydes is 1. The van der Waals surface area contributed by atoms with Crippen molar-refractivity contribution in [1.82, 2.24) is 0 Å². The largest absolute Gasteiger partial charge is 0.302 e.